The molecule has 0 amide bonds. The molecule has 10 heavy (non-hydrogen) atoms. The summed E-state index contributed by atoms with van der Waals surface area (Å²) < 4.78 is 0.634. The van der Waals surface area contributed by atoms with Gasteiger partial charge in [-0.05, 0) is 6.42 Å². The molecule has 2 nitrogen and oxygen atoms in total. The second-order valence-electron chi connectivity index (χ2n) is 2.70. The maximum Gasteiger partial charge on any atom is 0.0565 e. The highest BCUT2D eigenvalue weighted by Gasteiger charge is 2.30. The second-order valence-corrected chi connectivity index (χ2v) is 4.14. The summed E-state index contributed by atoms with van der Waals surface area (Å²) in [7, 11) is 0. The Balaban J connectivity index is 2.19. The van der Waals surface area contributed by atoms with E-state index in [0.717, 1.165) is 6.42 Å². The normalized spacial score (nSPS) is 43.1. The van der Waals surface area contributed by atoms with Crippen LogP contribution in [0, 0.1) is 5.92 Å². The van der Waals surface area contributed by atoms with Gasteiger partial charge in [0.05, 0.1) is 6.04 Å². The molecular formula is C7H9IN2. The molecule has 0 saturated carbocycles. The van der Waals surface area contributed by atoms with E-state index in [4.69, 9.17) is 0 Å². The number of nitrogens with zero attached hydrogens (tertiary/aromatic N) is 1. The average molecular weight is 248 g/mol. The highest BCUT2D eigenvalue weighted by molar-refractivity contribution is 14.1. The lowest BCUT2D eigenvalue weighted by Crippen LogP contribution is -2.34. The van der Waals surface area contributed by atoms with E-state index in [1.54, 1.807) is 0 Å². The maximum absolute atomic E-state index is 4.06. The van der Waals surface area contributed by atoms with Crippen molar-refractivity contribution >= 4 is 28.8 Å². The van der Waals surface area contributed by atoms with Crippen molar-refractivity contribution in [3.05, 3.63) is 12.2 Å². The van der Waals surface area contributed by atoms with Crippen LogP contribution in [0.1, 0.15) is 6.42 Å². The van der Waals surface area contributed by atoms with Crippen molar-refractivity contribution in [2.24, 2.45) is 11.0 Å². The molecule has 0 spiro atoms. The first-order chi connectivity index (χ1) is 4.88. The van der Waals surface area contributed by atoms with Crippen molar-refractivity contribution < 1.29 is 0 Å². The van der Waals surface area contributed by atoms with Gasteiger partial charge in [-0.2, -0.15) is 5.10 Å². The lowest BCUT2D eigenvalue weighted by molar-refractivity contribution is 0.482. The molecule has 1 aliphatic carbocycles. The lowest BCUT2D eigenvalue weighted by Gasteiger charge is -2.23. The van der Waals surface area contributed by atoms with Crippen molar-refractivity contribution in [3.63, 3.8) is 0 Å². The van der Waals surface area contributed by atoms with Crippen LogP contribution in [0.3, 0.4) is 0 Å². The molecule has 3 atom stereocenters. The average Bonchev–Trinajstić information content (AvgIpc) is 2.36. The van der Waals surface area contributed by atoms with E-state index < -0.39 is 0 Å². The van der Waals surface area contributed by atoms with Gasteiger partial charge in [-0.1, -0.05) is 34.7 Å². The molecule has 0 radical (unpaired) electrons. The molecule has 3 unspecified atom stereocenters. The van der Waals surface area contributed by atoms with Gasteiger partial charge in [0.2, 0.25) is 0 Å². The number of rotatable bonds is 0. The molecular weight excluding hydrogens is 239 g/mol. The first kappa shape index (κ1) is 6.64. The summed E-state index contributed by atoms with van der Waals surface area (Å²) in [6, 6.07) is 0.576. The summed E-state index contributed by atoms with van der Waals surface area (Å²) in [5, 5.41) is 4.06. The number of hydrazone groups is 1. The number of nitrogens with one attached hydrogen (secondary N) is 1. The Morgan fingerprint density at radius 2 is 2.50 bits per heavy atom. The minimum Gasteiger partial charge on any atom is -0.306 e. The van der Waals surface area contributed by atoms with Crippen molar-refractivity contribution in [2.75, 3.05) is 0 Å². The Morgan fingerprint density at radius 1 is 1.60 bits per heavy atom. The van der Waals surface area contributed by atoms with Crippen LogP contribution in [0.15, 0.2) is 17.3 Å². The molecule has 0 aromatic carbocycles. The van der Waals surface area contributed by atoms with E-state index >= 15 is 0 Å². The predicted molar refractivity (Wildman–Crippen MR) is 50.5 cm³/mol. The van der Waals surface area contributed by atoms with Crippen molar-refractivity contribution in [2.45, 2.75) is 16.4 Å². The van der Waals surface area contributed by atoms with Gasteiger partial charge in [0.25, 0.3) is 0 Å². The van der Waals surface area contributed by atoms with Crippen molar-refractivity contribution in [1.82, 2.24) is 5.43 Å². The number of hydrogen-bond donors (Lipinski definition) is 1. The van der Waals surface area contributed by atoms with E-state index in [1.807, 2.05) is 6.21 Å². The van der Waals surface area contributed by atoms with Crippen LogP contribution >= 0.6 is 22.6 Å². The molecule has 54 valence electrons. The smallest absolute Gasteiger partial charge is 0.0565 e. The summed E-state index contributed by atoms with van der Waals surface area (Å²) in [5.41, 5.74) is 3.10. The summed E-state index contributed by atoms with van der Waals surface area (Å²) >= 11 is 2.46. The number of allylic oxidation sites excluding steroid dienone is 1. The predicted octanol–water partition coefficient (Wildman–Crippen LogP) is 1.32. The van der Waals surface area contributed by atoms with E-state index in [0.29, 0.717) is 15.9 Å². The fourth-order valence-electron chi connectivity index (χ4n) is 1.41. The van der Waals surface area contributed by atoms with Gasteiger partial charge in [0, 0.05) is 16.1 Å². The minimum absolute atomic E-state index is 0.576. The highest BCUT2D eigenvalue weighted by Crippen LogP contribution is 2.26. The van der Waals surface area contributed by atoms with E-state index in [2.05, 4.69) is 45.3 Å². The molecule has 3 heteroatoms. The molecule has 1 heterocycles. The zero-order valence-corrected chi connectivity index (χ0v) is 7.65. The molecule has 1 N–H and O–H groups in total. The number of alkyl halides is 1. The SMILES string of the molecule is IC1C=CCC2NN=CC12. The van der Waals surface area contributed by atoms with Gasteiger partial charge in [-0.3, -0.25) is 0 Å². The van der Waals surface area contributed by atoms with Crippen LogP contribution in [0.5, 0.6) is 0 Å². The Hall–Kier alpha value is -0.0600. The van der Waals surface area contributed by atoms with Gasteiger partial charge in [0.15, 0.2) is 0 Å². The Morgan fingerprint density at radius 3 is 3.30 bits per heavy atom. The Kier molecular flexibility index (Phi) is 1.68. The van der Waals surface area contributed by atoms with Crippen LogP contribution in [0.25, 0.3) is 0 Å². The topological polar surface area (TPSA) is 24.4 Å². The van der Waals surface area contributed by atoms with Crippen LogP contribution < -0.4 is 5.43 Å². The summed E-state index contributed by atoms with van der Waals surface area (Å²) in [6.45, 7) is 0. The van der Waals surface area contributed by atoms with Gasteiger partial charge in [0.1, 0.15) is 0 Å². The first-order valence-electron chi connectivity index (χ1n) is 3.47. The van der Waals surface area contributed by atoms with Crippen molar-refractivity contribution in [1.29, 1.82) is 0 Å². The quantitative estimate of drug-likeness (QED) is 0.390. The highest BCUT2D eigenvalue weighted by atomic mass is 127. The first-order valence-corrected chi connectivity index (χ1v) is 4.72. The van der Waals surface area contributed by atoms with Gasteiger partial charge >= 0.3 is 0 Å². The molecule has 2 aliphatic rings. The third-order valence-corrected chi connectivity index (χ3v) is 3.27. The summed E-state index contributed by atoms with van der Waals surface area (Å²) in [4.78, 5) is 0. The van der Waals surface area contributed by atoms with E-state index in [9.17, 15) is 0 Å². The molecule has 0 fully saturated rings. The molecule has 1 aliphatic heterocycles. The monoisotopic (exact) mass is 248 g/mol. The van der Waals surface area contributed by atoms with Crippen LogP contribution in [-0.2, 0) is 0 Å². The minimum atomic E-state index is 0.576. The number of fused-ring (bicyclic) bond motifs is 1. The third-order valence-electron chi connectivity index (χ3n) is 2.03. The van der Waals surface area contributed by atoms with Crippen molar-refractivity contribution in [3.8, 4) is 0 Å². The zero-order chi connectivity index (χ0) is 6.97. The standard InChI is InChI=1S/C7H9IN2/c8-6-2-1-3-7-5(6)4-9-10-7/h1-2,4-7,10H,3H2. The van der Waals surface area contributed by atoms with Crippen LogP contribution in [-0.4, -0.2) is 16.2 Å². The number of halogens is 1. The van der Waals surface area contributed by atoms with Gasteiger partial charge in [-0.15, -0.1) is 0 Å². The molecule has 0 saturated heterocycles. The molecule has 2 rings (SSSR count). The fourth-order valence-corrected chi connectivity index (χ4v) is 2.39. The van der Waals surface area contributed by atoms with E-state index in [-0.39, 0.29) is 0 Å². The number of hydrogen-bond acceptors (Lipinski definition) is 2. The van der Waals surface area contributed by atoms with E-state index in [1.165, 1.54) is 0 Å². The maximum atomic E-state index is 4.06. The van der Waals surface area contributed by atoms with Crippen LogP contribution in [0.4, 0.5) is 0 Å². The molecule has 0 aromatic heterocycles. The molecule has 0 bridgehead atoms. The Bertz CT molecular complexity index is 188. The summed E-state index contributed by atoms with van der Waals surface area (Å²) in [5.74, 6) is 0.630. The Labute approximate surface area is 73.9 Å². The summed E-state index contributed by atoms with van der Waals surface area (Å²) in [6.07, 6.45) is 7.66. The zero-order valence-electron chi connectivity index (χ0n) is 5.50. The van der Waals surface area contributed by atoms with Gasteiger partial charge in [-0.25, -0.2) is 0 Å². The van der Waals surface area contributed by atoms with Gasteiger partial charge < -0.3 is 5.43 Å². The lowest BCUT2D eigenvalue weighted by atomic mass is 9.91. The fraction of sp³-hybridized carbons (Fsp3) is 0.571. The second kappa shape index (κ2) is 2.53. The third kappa shape index (κ3) is 0.962. The largest absolute Gasteiger partial charge is 0.306 e. The molecule has 0 aromatic rings. The van der Waals surface area contributed by atoms with Crippen LogP contribution in [0.2, 0.25) is 0 Å².